The predicted octanol–water partition coefficient (Wildman–Crippen LogP) is 26.9. The molecule has 0 aromatic rings. The third-order valence-electron chi connectivity index (χ3n) is 20.6. The summed E-state index contributed by atoms with van der Waals surface area (Å²) >= 11 is 0. The number of phosphoric acid groups is 2. The van der Waals surface area contributed by atoms with Crippen LogP contribution in [-0.2, 0) is 65.4 Å². The summed E-state index contributed by atoms with van der Waals surface area (Å²) in [5, 5.41) is 10.7. The molecule has 0 aliphatic carbocycles. The average Bonchev–Trinajstić information content (AvgIpc) is 0.902. The highest BCUT2D eigenvalue weighted by atomic mass is 31.2. The van der Waals surface area contributed by atoms with Crippen molar-refractivity contribution >= 4 is 39.5 Å². The van der Waals surface area contributed by atoms with Crippen molar-refractivity contribution in [3.8, 4) is 0 Å². The van der Waals surface area contributed by atoms with Crippen LogP contribution in [0, 0.1) is 0 Å². The highest BCUT2D eigenvalue weighted by Gasteiger charge is 2.30. The lowest BCUT2D eigenvalue weighted by molar-refractivity contribution is -0.161. The summed E-state index contributed by atoms with van der Waals surface area (Å²) < 4.78 is 68.9. The van der Waals surface area contributed by atoms with Gasteiger partial charge >= 0.3 is 39.5 Å². The summed E-state index contributed by atoms with van der Waals surface area (Å²) in [6, 6.07) is 0. The van der Waals surface area contributed by atoms with E-state index in [9.17, 15) is 43.2 Å². The van der Waals surface area contributed by atoms with Gasteiger partial charge in [0.1, 0.15) is 19.3 Å². The van der Waals surface area contributed by atoms with Gasteiger partial charge in [0.15, 0.2) is 12.2 Å². The molecule has 0 fully saturated rings. The first-order valence-corrected chi connectivity index (χ1v) is 48.3. The van der Waals surface area contributed by atoms with Gasteiger partial charge in [-0.15, -0.1) is 0 Å². The fraction of sp³-hybridized carbons (Fsp3) is 0.954. The maximum Gasteiger partial charge on any atom is 0.472 e. The Hall–Kier alpha value is -1.94. The first-order valence-electron chi connectivity index (χ1n) is 45.3. The molecule has 0 bridgehead atoms. The van der Waals surface area contributed by atoms with Gasteiger partial charge in [0.05, 0.1) is 26.4 Å². The quantitative estimate of drug-likeness (QED) is 0.0222. The van der Waals surface area contributed by atoms with E-state index in [1.165, 1.54) is 308 Å². The van der Waals surface area contributed by atoms with Crippen LogP contribution in [0.5, 0.6) is 0 Å². The molecule has 2 unspecified atom stereocenters. The average molecular weight is 1550 g/mol. The van der Waals surface area contributed by atoms with E-state index in [2.05, 4.69) is 27.7 Å². The molecule has 0 spiro atoms. The molecule has 106 heavy (non-hydrogen) atoms. The van der Waals surface area contributed by atoms with Gasteiger partial charge in [-0.05, 0) is 25.7 Å². The van der Waals surface area contributed by atoms with Crippen molar-refractivity contribution in [3.63, 3.8) is 0 Å². The van der Waals surface area contributed by atoms with Crippen LogP contribution < -0.4 is 0 Å². The van der Waals surface area contributed by atoms with Gasteiger partial charge in [0, 0.05) is 25.7 Å². The molecule has 0 heterocycles. The minimum atomic E-state index is -4.97. The van der Waals surface area contributed by atoms with Crippen LogP contribution in [0.15, 0.2) is 0 Å². The number of esters is 4. The van der Waals surface area contributed by atoms with Gasteiger partial charge < -0.3 is 33.8 Å². The fourth-order valence-electron chi connectivity index (χ4n) is 13.7. The maximum atomic E-state index is 13.2. The molecule has 0 saturated heterocycles. The molecule has 19 heteroatoms. The summed E-state index contributed by atoms with van der Waals surface area (Å²) in [6.07, 6.45) is 76.4. The first kappa shape index (κ1) is 104. The zero-order valence-electron chi connectivity index (χ0n) is 69.4. The second-order valence-corrected chi connectivity index (χ2v) is 34.2. The summed E-state index contributed by atoms with van der Waals surface area (Å²) in [6.45, 7) is 5.06. The Kier molecular flexibility index (Phi) is 79.6. The van der Waals surface area contributed by atoms with E-state index >= 15 is 0 Å². The molecule has 0 aliphatic heterocycles. The van der Waals surface area contributed by atoms with Gasteiger partial charge in [0.25, 0.3) is 0 Å². The number of carbonyl (C=O) groups excluding carboxylic acids is 4. The van der Waals surface area contributed by atoms with E-state index < -0.39 is 97.5 Å². The molecule has 5 atom stereocenters. The Labute approximate surface area is 651 Å². The Bertz CT molecular complexity index is 2000. The molecular formula is C87H170O17P2. The zero-order valence-corrected chi connectivity index (χ0v) is 71.2. The Balaban J connectivity index is 5.21. The first-order chi connectivity index (χ1) is 51.7. The molecule has 0 aliphatic rings. The predicted molar refractivity (Wildman–Crippen MR) is 437 cm³/mol. The minimum absolute atomic E-state index is 0.109. The van der Waals surface area contributed by atoms with Crippen LogP contribution in [0.25, 0.3) is 0 Å². The van der Waals surface area contributed by atoms with Crippen LogP contribution >= 0.6 is 15.6 Å². The van der Waals surface area contributed by atoms with Crippen molar-refractivity contribution in [2.45, 2.75) is 495 Å². The summed E-state index contributed by atoms with van der Waals surface area (Å²) in [7, 11) is -9.93. The monoisotopic (exact) mass is 1550 g/mol. The molecule has 17 nitrogen and oxygen atoms in total. The van der Waals surface area contributed by atoms with E-state index in [1.807, 2.05) is 0 Å². The third-order valence-corrected chi connectivity index (χ3v) is 22.5. The Morgan fingerprint density at radius 1 is 0.226 bits per heavy atom. The molecule has 630 valence electrons. The lowest BCUT2D eigenvalue weighted by Crippen LogP contribution is -2.30. The molecule has 0 amide bonds. The van der Waals surface area contributed by atoms with Gasteiger partial charge in [0.2, 0.25) is 0 Å². The smallest absolute Gasteiger partial charge is 0.462 e. The number of aliphatic hydroxyl groups excluding tert-OH is 1. The van der Waals surface area contributed by atoms with E-state index in [-0.39, 0.29) is 25.7 Å². The van der Waals surface area contributed by atoms with Crippen LogP contribution in [0.2, 0.25) is 0 Å². The molecule has 0 radical (unpaired) electrons. The van der Waals surface area contributed by atoms with Crippen molar-refractivity contribution < 1.29 is 80.2 Å². The standard InChI is InChI=1S/C87H170O17P2/c1-5-9-13-17-21-25-29-32-35-38-40-41-43-45-48-51-54-58-62-66-70-74-87(92)104-83(78-98-85(90)72-68-64-60-56-52-49-47-44-42-39-36-33-30-26-22-18-14-10-6-2)80-102-106(95,96)100-76-81(88)75-99-105(93,94)101-79-82(77-97-84(89)71-67-63-59-55-28-24-20-16-12-8-4)103-86(91)73-69-65-61-57-53-50-46-37-34-31-27-23-19-15-11-7-3/h81-83,88H,5-80H2,1-4H3,(H,93,94)(H,95,96)/t81-,82+,83+/m0/s1. The maximum absolute atomic E-state index is 13.2. The number of rotatable bonds is 88. The number of unbranched alkanes of at least 4 members (excludes halogenated alkanes) is 62. The van der Waals surface area contributed by atoms with E-state index in [1.54, 1.807) is 0 Å². The molecule has 3 N–H and O–H groups in total. The lowest BCUT2D eigenvalue weighted by Gasteiger charge is -2.21. The summed E-state index contributed by atoms with van der Waals surface area (Å²) in [5.41, 5.74) is 0. The van der Waals surface area contributed by atoms with E-state index in [0.29, 0.717) is 25.7 Å². The highest BCUT2D eigenvalue weighted by Crippen LogP contribution is 2.45. The van der Waals surface area contributed by atoms with Crippen molar-refractivity contribution in [2.75, 3.05) is 39.6 Å². The highest BCUT2D eigenvalue weighted by molar-refractivity contribution is 7.47. The van der Waals surface area contributed by atoms with Crippen LogP contribution in [0.4, 0.5) is 0 Å². The molecule has 0 aromatic carbocycles. The number of carbonyl (C=O) groups is 4. The summed E-state index contributed by atoms with van der Waals surface area (Å²) in [4.78, 5) is 73.2. The second kappa shape index (κ2) is 81.1. The fourth-order valence-corrected chi connectivity index (χ4v) is 15.3. The number of aliphatic hydroxyl groups is 1. The lowest BCUT2D eigenvalue weighted by atomic mass is 10.0. The second-order valence-electron chi connectivity index (χ2n) is 31.3. The van der Waals surface area contributed by atoms with Gasteiger partial charge in [-0.25, -0.2) is 9.13 Å². The normalized spacial score (nSPS) is 13.7. The van der Waals surface area contributed by atoms with Crippen molar-refractivity contribution in [2.24, 2.45) is 0 Å². The molecule has 0 aromatic heterocycles. The van der Waals surface area contributed by atoms with Crippen molar-refractivity contribution in [3.05, 3.63) is 0 Å². The van der Waals surface area contributed by atoms with E-state index in [0.717, 1.165) is 89.9 Å². The number of phosphoric ester groups is 2. The van der Waals surface area contributed by atoms with Crippen molar-refractivity contribution in [1.82, 2.24) is 0 Å². The van der Waals surface area contributed by atoms with Crippen LogP contribution in [0.3, 0.4) is 0 Å². The summed E-state index contributed by atoms with van der Waals surface area (Å²) in [5.74, 6) is -2.10. The van der Waals surface area contributed by atoms with Crippen LogP contribution in [-0.4, -0.2) is 96.7 Å². The van der Waals surface area contributed by atoms with E-state index in [4.69, 9.17) is 37.0 Å². The molecule has 0 saturated carbocycles. The largest absolute Gasteiger partial charge is 0.472 e. The minimum Gasteiger partial charge on any atom is -0.462 e. The Morgan fingerprint density at radius 2 is 0.377 bits per heavy atom. The topological polar surface area (TPSA) is 237 Å². The number of hydrogen-bond donors (Lipinski definition) is 3. The zero-order chi connectivity index (χ0) is 77.4. The SMILES string of the molecule is CCCCCCCCCCCCCCCCCCCCCCCC(=O)O[C@H](COC(=O)CCCCCCCCCCCCCCCCCCCCC)COP(=O)(O)OC[C@@H](O)COP(=O)(O)OC[C@@H](COC(=O)CCCCCCCCCCCC)OC(=O)CCCCCCCCCCCCCCCCCC. The number of hydrogen-bond acceptors (Lipinski definition) is 15. The van der Waals surface area contributed by atoms with Crippen molar-refractivity contribution in [1.29, 1.82) is 0 Å². The van der Waals surface area contributed by atoms with Gasteiger partial charge in [-0.2, -0.15) is 0 Å². The molecular weight excluding hydrogens is 1380 g/mol. The van der Waals surface area contributed by atoms with Gasteiger partial charge in [-0.1, -0.05) is 426 Å². The Morgan fingerprint density at radius 3 is 0.557 bits per heavy atom. The number of ether oxygens (including phenoxy) is 4. The van der Waals surface area contributed by atoms with Crippen LogP contribution in [0.1, 0.15) is 477 Å². The third kappa shape index (κ3) is 80.1. The van der Waals surface area contributed by atoms with Gasteiger partial charge in [-0.3, -0.25) is 37.3 Å². The molecule has 0 rings (SSSR count).